The van der Waals surface area contributed by atoms with Crippen molar-refractivity contribution in [2.24, 2.45) is 5.10 Å². The molecule has 0 atom stereocenters. The van der Waals surface area contributed by atoms with Crippen molar-refractivity contribution >= 4 is 33.8 Å². The summed E-state index contributed by atoms with van der Waals surface area (Å²) in [5, 5.41) is 15.7. The normalized spacial score (nSPS) is 11.4. The number of benzene rings is 2. The van der Waals surface area contributed by atoms with Crippen LogP contribution in [0.1, 0.15) is 5.56 Å². The van der Waals surface area contributed by atoms with E-state index in [1.54, 1.807) is 31.4 Å². The molecular weight excluding hydrogens is 350 g/mol. The van der Waals surface area contributed by atoms with Crippen molar-refractivity contribution < 1.29 is 9.66 Å². The molecule has 134 valence electrons. The third-order valence-corrected chi connectivity index (χ3v) is 4.11. The highest BCUT2D eigenvalue weighted by Crippen LogP contribution is 2.25. The number of non-ortho nitro benzene ring substituents is 1. The van der Waals surface area contributed by atoms with Gasteiger partial charge in [0.15, 0.2) is 0 Å². The highest BCUT2D eigenvalue weighted by atomic mass is 16.6. The molecule has 0 spiro atoms. The van der Waals surface area contributed by atoms with Crippen molar-refractivity contribution in [2.75, 3.05) is 7.11 Å². The summed E-state index contributed by atoms with van der Waals surface area (Å²) in [5.74, 6) is 0.665. The molecule has 0 radical (unpaired) electrons. The molecule has 27 heavy (non-hydrogen) atoms. The first-order valence-electron chi connectivity index (χ1n) is 7.93. The van der Waals surface area contributed by atoms with E-state index in [9.17, 15) is 14.9 Å². The molecule has 4 rings (SSSR count). The van der Waals surface area contributed by atoms with Gasteiger partial charge in [0.25, 0.3) is 11.2 Å². The van der Waals surface area contributed by atoms with Gasteiger partial charge in [0.2, 0.25) is 0 Å². The van der Waals surface area contributed by atoms with Crippen LogP contribution in [0.3, 0.4) is 0 Å². The standard InChI is InChI=1S/C18H13N5O4/c1-27-13-5-6-15-14(8-13)16-17(21-15)18(24)22(10-19-16)20-9-11-3-2-4-12(7-11)23(25)26/h2-10,21H,1H3/b20-9-. The van der Waals surface area contributed by atoms with E-state index in [2.05, 4.69) is 15.1 Å². The molecule has 0 saturated heterocycles. The Balaban J connectivity index is 1.78. The number of fused-ring (bicyclic) bond motifs is 3. The molecule has 0 saturated carbocycles. The Labute approximate surface area is 151 Å². The van der Waals surface area contributed by atoms with Crippen LogP contribution in [0.15, 0.2) is 58.7 Å². The van der Waals surface area contributed by atoms with E-state index in [0.717, 1.165) is 15.6 Å². The molecule has 2 aromatic carbocycles. The number of nitro benzene ring substituents is 1. The van der Waals surface area contributed by atoms with Crippen molar-refractivity contribution in [2.45, 2.75) is 0 Å². The van der Waals surface area contributed by atoms with Gasteiger partial charge < -0.3 is 9.72 Å². The van der Waals surface area contributed by atoms with E-state index >= 15 is 0 Å². The zero-order valence-electron chi connectivity index (χ0n) is 14.1. The highest BCUT2D eigenvalue weighted by molar-refractivity contribution is 6.04. The number of aromatic amines is 1. The molecule has 4 aromatic rings. The second kappa shape index (κ2) is 6.37. The number of rotatable bonds is 4. The summed E-state index contributed by atoms with van der Waals surface area (Å²) in [6.45, 7) is 0. The summed E-state index contributed by atoms with van der Waals surface area (Å²) in [4.78, 5) is 30.4. The number of ether oxygens (including phenoxy) is 1. The van der Waals surface area contributed by atoms with Gasteiger partial charge in [-0.2, -0.15) is 9.78 Å². The lowest BCUT2D eigenvalue weighted by Crippen LogP contribution is -2.17. The van der Waals surface area contributed by atoms with Crippen LogP contribution in [0, 0.1) is 10.1 Å². The fourth-order valence-corrected chi connectivity index (χ4v) is 2.78. The van der Waals surface area contributed by atoms with Crippen LogP contribution in [0.25, 0.3) is 21.9 Å². The number of H-pyrrole nitrogens is 1. The van der Waals surface area contributed by atoms with Crippen LogP contribution in [0.4, 0.5) is 5.69 Å². The fourth-order valence-electron chi connectivity index (χ4n) is 2.78. The molecule has 0 aliphatic carbocycles. The van der Waals surface area contributed by atoms with E-state index in [-0.39, 0.29) is 11.2 Å². The molecule has 9 nitrogen and oxygen atoms in total. The van der Waals surface area contributed by atoms with E-state index in [4.69, 9.17) is 4.74 Å². The van der Waals surface area contributed by atoms with Gasteiger partial charge in [0.1, 0.15) is 23.1 Å². The van der Waals surface area contributed by atoms with Crippen LogP contribution < -0.4 is 10.3 Å². The maximum atomic E-state index is 12.7. The first-order valence-corrected chi connectivity index (χ1v) is 7.93. The molecule has 0 aliphatic rings. The van der Waals surface area contributed by atoms with Crippen molar-refractivity contribution in [1.82, 2.24) is 14.6 Å². The number of methoxy groups -OCH3 is 1. The van der Waals surface area contributed by atoms with Gasteiger partial charge in [-0.1, -0.05) is 12.1 Å². The third kappa shape index (κ3) is 2.91. The molecule has 0 aliphatic heterocycles. The second-order valence-electron chi connectivity index (χ2n) is 5.75. The van der Waals surface area contributed by atoms with Crippen molar-refractivity contribution in [3.63, 3.8) is 0 Å². The minimum Gasteiger partial charge on any atom is -0.497 e. The maximum Gasteiger partial charge on any atom is 0.298 e. The molecule has 0 amide bonds. The molecule has 2 aromatic heterocycles. The van der Waals surface area contributed by atoms with Gasteiger partial charge in [-0.15, -0.1) is 0 Å². The summed E-state index contributed by atoms with van der Waals surface area (Å²) in [5.41, 5.74) is 1.67. The Bertz CT molecular complexity index is 1270. The molecule has 0 fully saturated rings. The van der Waals surface area contributed by atoms with Crippen molar-refractivity contribution in [3.8, 4) is 5.75 Å². The minimum atomic E-state index is -0.490. The van der Waals surface area contributed by atoms with Gasteiger partial charge in [-0.05, 0) is 18.2 Å². The maximum absolute atomic E-state index is 12.7. The zero-order valence-corrected chi connectivity index (χ0v) is 14.1. The van der Waals surface area contributed by atoms with Crippen LogP contribution in [0.2, 0.25) is 0 Å². The monoisotopic (exact) mass is 363 g/mol. The predicted octanol–water partition coefficient (Wildman–Crippen LogP) is 2.68. The zero-order chi connectivity index (χ0) is 19.0. The average molecular weight is 363 g/mol. The number of nitrogens with zero attached hydrogens (tertiary/aromatic N) is 4. The number of hydrogen-bond donors (Lipinski definition) is 1. The largest absolute Gasteiger partial charge is 0.497 e. The summed E-state index contributed by atoms with van der Waals surface area (Å²) in [7, 11) is 1.57. The molecule has 9 heteroatoms. The molecule has 0 unspecified atom stereocenters. The fraction of sp³-hybridized carbons (Fsp3) is 0.0556. The van der Waals surface area contributed by atoms with Crippen LogP contribution >= 0.6 is 0 Å². The van der Waals surface area contributed by atoms with E-state index in [1.165, 1.54) is 24.7 Å². The van der Waals surface area contributed by atoms with Gasteiger partial charge >= 0.3 is 0 Å². The summed E-state index contributed by atoms with van der Waals surface area (Å²) < 4.78 is 6.29. The van der Waals surface area contributed by atoms with E-state index in [0.29, 0.717) is 22.3 Å². The summed E-state index contributed by atoms with van der Waals surface area (Å²) in [6.07, 6.45) is 2.68. The average Bonchev–Trinajstić information content (AvgIpc) is 3.06. The van der Waals surface area contributed by atoms with Gasteiger partial charge in [0.05, 0.1) is 18.2 Å². The number of nitrogens with one attached hydrogen (secondary N) is 1. The Morgan fingerprint density at radius 1 is 1.30 bits per heavy atom. The van der Waals surface area contributed by atoms with E-state index in [1.807, 2.05) is 6.07 Å². The molecule has 1 N–H and O–H groups in total. The SMILES string of the molecule is COc1ccc2[nH]c3c(=O)n(/N=C\c4cccc([N+](=O)[O-])c4)cnc3c2c1. The first kappa shape index (κ1) is 16.5. The molecule has 2 heterocycles. The lowest BCUT2D eigenvalue weighted by Gasteiger charge is -1.99. The first-order chi connectivity index (χ1) is 13.1. The van der Waals surface area contributed by atoms with Gasteiger partial charge in [-0.3, -0.25) is 14.9 Å². The van der Waals surface area contributed by atoms with Crippen LogP contribution in [-0.2, 0) is 0 Å². The number of hydrogen-bond acceptors (Lipinski definition) is 6. The lowest BCUT2D eigenvalue weighted by atomic mass is 10.2. The summed E-state index contributed by atoms with van der Waals surface area (Å²) >= 11 is 0. The van der Waals surface area contributed by atoms with Crippen LogP contribution in [-0.4, -0.2) is 32.9 Å². The quantitative estimate of drug-likeness (QED) is 0.340. The van der Waals surface area contributed by atoms with E-state index < -0.39 is 4.92 Å². The number of nitro groups is 1. The number of aromatic nitrogens is 3. The third-order valence-electron chi connectivity index (χ3n) is 4.11. The lowest BCUT2D eigenvalue weighted by molar-refractivity contribution is -0.384. The van der Waals surface area contributed by atoms with Crippen molar-refractivity contribution in [3.05, 3.63) is 74.8 Å². The predicted molar refractivity (Wildman–Crippen MR) is 101 cm³/mol. The van der Waals surface area contributed by atoms with Crippen molar-refractivity contribution in [1.29, 1.82) is 0 Å². The Hall–Kier alpha value is -4.01. The summed E-state index contributed by atoms with van der Waals surface area (Å²) in [6, 6.07) is 11.4. The Morgan fingerprint density at radius 2 is 2.15 bits per heavy atom. The smallest absolute Gasteiger partial charge is 0.298 e. The van der Waals surface area contributed by atoms with Gasteiger partial charge in [0, 0.05) is 28.6 Å². The molecule has 0 bridgehead atoms. The topological polar surface area (TPSA) is 115 Å². The Morgan fingerprint density at radius 3 is 2.93 bits per heavy atom. The van der Waals surface area contributed by atoms with Crippen LogP contribution in [0.5, 0.6) is 5.75 Å². The molecular formula is C18H13N5O4. The minimum absolute atomic E-state index is 0.0514. The Kier molecular flexibility index (Phi) is 3.88. The second-order valence-corrected chi connectivity index (χ2v) is 5.75. The van der Waals surface area contributed by atoms with Gasteiger partial charge in [-0.25, -0.2) is 4.98 Å². The highest BCUT2D eigenvalue weighted by Gasteiger charge is 2.11.